The van der Waals surface area contributed by atoms with E-state index in [2.05, 4.69) is 40.9 Å². The van der Waals surface area contributed by atoms with Crippen LogP contribution >= 0.6 is 0 Å². The summed E-state index contributed by atoms with van der Waals surface area (Å²) >= 11 is 0. The molecule has 5 nitrogen and oxygen atoms in total. The first-order valence-corrected chi connectivity index (χ1v) is 8.40. The second-order valence-electron chi connectivity index (χ2n) is 6.42. The van der Waals surface area contributed by atoms with Crippen molar-refractivity contribution in [3.05, 3.63) is 12.2 Å². The summed E-state index contributed by atoms with van der Waals surface area (Å²) < 4.78 is 7.79. The first kappa shape index (κ1) is 16.4. The summed E-state index contributed by atoms with van der Waals surface area (Å²) in [5.41, 5.74) is 0. The molecule has 1 aliphatic heterocycles. The first-order chi connectivity index (χ1) is 10.2. The number of aromatic nitrogens is 3. The van der Waals surface area contributed by atoms with Crippen molar-refractivity contribution in [3.8, 4) is 0 Å². The largest absolute Gasteiger partial charge is 0.378 e. The van der Waals surface area contributed by atoms with Crippen molar-refractivity contribution in [1.82, 2.24) is 20.1 Å². The van der Waals surface area contributed by atoms with Crippen LogP contribution in [0.1, 0.15) is 52.3 Å². The van der Waals surface area contributed by atoms with E-state index >= 15 is 0 Å². The lowest BCUT2D eigenvalue weighted by Gasteiger charge is -2.20. The maximum absolute atomic E-state index is 5.73. The van der Waals surface area contributed by atoms with Crippen LogP contribution in [0.25, 0.3) is 0 Å². The third kappa shape index (κ3) is 5.40. The average Bonchev–Trinajstić information content (AvgIpc) is 3.08. The van der Waals surface area contributed by atoms with E-state index < -0.39 is 0 Å². The molecular formula is C16H30N4O. The van der Waals surface area contributed by atoms with E-state index in [0.29, 0.717) is 18.1 Å². The Hall–Kier alpha value is -0.940. The van der Waals surface area contributed by atoms with Gasteiger partial charge in [-0.2, -0.15) is 5.10 Å². The molecule has 1 N–H and O–H groups in total. The third-order valence-electron chi connectivity index (χ3n) is 4.02. The minimum atomic E-state index is 0.467. The topological polar surface area (TPSA) is 52.0 Å². The fourth-order valence-corrected chi connectivity index (χ4v) is 2.99. The van der Waals surface area contributed by atoms with Crippen LogP contribution in [0.3, 0.4) is 0 Å². The van der Waals surface area contributed by atoms with E-state index in [-0.39, 0.29) is 0 Å². The highest BCUT2D eigenvalue weighted by Crippen LogP contribution is 2.18. The molecule has 1 fully saturated rings. The zero-order valence-electron chi connectivity index (χ0n) is 13.7. The van der Waals surface area contributed by atoms with Gasteiger partial charge in [0.2, 0.25) is 0 Å². The zero-order chi connectivity index (χ0) is 15.1. The Balaban J connectivity index is 1.87. The molecule has 2 rings (SSSR count). The number of likely N-dealkylation sites (N-methyl/N-ethyl adjacent to an activating group) is 1. The maximum Gasteiger partial charge on any atom is 0.138 e. The van der Waals surface area contributed by atoms with Crippen LogP contribution in [0.15, 0.2) is 6.33 Å². The quantitative estimate of drug-likeness (QED) is 0.760. The Morgan fingerprint density at radius 1 is 1.48 bits per heavy atom. The lowest BCUT2D eigenvalue weighted by atomic mass is 10.0. The van der Waals surface area contributed by atoms with Crippen molar-refractivity contribution in [2.45, 2.75) is 71.6 Å². The summed E-state index contributed by atoms with van der Waals surface area (Å²) in [5.74, 6) is 1.69. The standard InChI is InChI=1S/C16H30N4O/c1-4-17-14(7-8-15-6-5-9-21-15)10-16-18-12-19-20(16)11-13(2)3/h12-15,17H,4-11H2,1-3H3. The molecule has 5 heteroatoms. The lowest BCUT2D eigenvalue weighted by molar-refractivity contribution is 0.0995. The molecule has 1 aromatic heterocycles. The number of nitrogens with zero attached hydrogens (tertiary/aromatic N) is 3. The monoisotopic (exact) mass is 294 g/mol. The van der Waals surface area contributed by atoms with Crippen LogP contribution in [0.5, 0.6) is 0 Å². The summed E-state index contributed by atoms with van der Waals surface area (Å²) in [4.78, 5) is 4.45. The molecule has 21 heavy (non-hydrogen) atoms. The fraction of sp³-hybridized carbons (Fsp3) is 0.875. The van der Waals surface area contributed by atoms with Gasteiger partial charge in [-0.15, -0.1) is 0 Å². The van der Waals surface area contributed by atoms with Gasteiger partial charge in [0.15, 0.2) is 0 Å². The van der Waals surface area contributed by atoms with Crippen molar-refractivity contribution in [2.75, 3.05) is 13.2 Å². The number of ether oxygens (including phenoxy) is 1. The van der Waals surface area contributed by atoms with Gasteiger partial charge < -0.3 is 10.1 Å². The van der Waals surface area contributed by atoms with E-state index in [1.165, 1.54) is 12.8 Å². The molecule has 2 atom stereocenters. The van der Waals surface area contributed by atoms with Gasteiger partial charge in [0, 0.05) is 25.6 Å². The van der Waals surface area contributed by atoms with Crippen LogP contribution in [0, 0.1) is 5.92 Å². The summed E-state index contributed by atoms with van der Waals surface area (Å²) in [6.07, 6.45) is 7.85. The Bertz CT molecular complexity index is 399. The predicted octanol–water partition coefficient (Wildman–Crippen LogP) is 2.41. The van der Waals surface area contributed by atoms with Crippen LogP contribution < -0.4 is 5.32 Å². The number of nitrogens with one attached hydrogen (secondary N) is 1. The molecule has 1 aliphatic rings. The zero-order valence-corrected chi connectivity index (χ0v) is 13.7. The van der Waals surface area contributed by atoms with E-state index in [9.17, 15) is 0 Å². The number of rotatable bonds is 9. The molecule has 0 aromatic carbocycles. The van der Waals surface area contributed by atoms with Crippen LogP contribution in [0.2, 0.25) is 0 Å². The fourth-order valence-electron chi connectivity index (χ4n) is 2.99. The number of hydrogen-bond donors (Lipinski definition) is 1. The highest BCUT2D eigenvalue weighted by Gasteiger charge is 2.19. The summed E-state index contributed by atoms with van der Waals surface area (Å²) in [6, 6.07) is 0.467. The Labute approximate surface area is 128 Å². The van der Waals surface area contributed by atoms with Crippen LogP contribution in [-0.2, 0) is 17.7 Å². The highest BCUT2D eigenvalue weighted by atomic mass is 16.5. The molecule has 0 radical (unpaired) electrons. The van der Waals surface area contributed by atoms with Crippen LogP contribution in [-0.4, -0.2) is 40.1 Å². The Kier molecular flexibility index (Phi) is 6.64. The minimum Gasteiger partial charge on any atom is -0.378 e. The van der Waals surface area contributed by atoms with E-state index in [1.54, 1.807) is 6.33 Å². The molecule has 0 spiro atoms. The molecular weight excluding hydrogens is 264 g/mol. The van der Waals surface area contributed by atoms with E-state index in [0.717, 1.165) is 44.8 Å². The SMILES string of the molecule is CCNC(CCC1CCCO1)Cc1ncnn1CC(C)C. The van der Waals surface area contributed by atoms with Crippen molar-refractivity contribution in [2.24, 2.45) is 5.92 Å². The maximum atomic E-state index is 5.73. The summed E-state index contributed by atoms with van der Waals surface area (Å²) in [7, 11) is 0. The molecule has 1 aromatic rings. The van der Waals surface area contributed by atoms with Crippen molar-refractivity contribution >= 4 is 0 Å². The van der Waals surface area contributed by atoms with Gasteiger partial charge in [0.05, 0.1) is 6.10 Å². The minimum absolute atomic E-state index is 0.467. The highest BCUT2D eigenvalue weighted by molar-refractivity contribution is 4.90. The van der Waals surface area contributed by atoms with Gasteiger partial charge in [-0.3, -0.25) is 0 Å². The van der Waals surface area contributed by atoms with Gasteiger partial charge in [0.25, 0.3) is 0 Å². The van der Waals surface area contributed by atoms with Gasteiger partial charge in [-0.1, -0.05) is 20.8 Å². The Morgan fingerprint density at radius 2 is 2.33 bits per heavy atom. The van der Waals surface area contributed by atoms with Gasteiger partial charge in [-0.25, -0.2) is 9.67 Å². The predicted molar refractivity (Wildman–Crippen MR) is 84.2 cm³/mol. The number of hydrogen-bond acceptors (Lipinski definition) is 4. The van der Waals surface area contributed by atoms with Crippen molar-refractivity contribution in [3.63, 3.8) is 0 Å². The lowest BCUT2D eigenvalue weighted by Crippen LogP contribution is -2.33. The van der Waals surface area contributed by atoms with E-state index in [4.69, 9.17) is 4.74 Å². The second kappa shape index (κ2) is 8.49. The molecule has 0 bridgehead atoms. The molecule has 0 amide bonds. The normalized spacial score (nSPS) is 20.3. The second-order valence-corrected chi connectivity index (χ2v) is 6.42. The molecule has 2 heterocycles. The smallest absolute Gasteiger partial charge is 0.138 e. The van der Waals surface area contributed by atoms with Crippen molar-refractivity contribution < 1.29 is 4.74 Å². The third-order valence-corrected chi connectivity index (χ3v) is 4.02. The van der Waals surface area contributed by atoms with Crippen LogP contribution in [0.4, 0.5) is 0 Å². The van der Waals surface area contributed by atoms with Crippen molar-refractivity contribution in [1.29, 1.82) is 0 Å². The molecule has 0 saturated carbocycles. The average molecular weight is 294 g/mol. The van der Waals surface area contributed by atoms with Gasteiger partial charge in [-0.05, 0) is 38.1 Å². The molecule has 2 unspecified atom stereocenters. The molecule has 1 saturated heterocycles. The Morgan fingerprint density at radius 3 is 3.00 bits per heavy atom. The summed E-state index contributed by atoms with van der Waals surface area (Å²) in [5, 5.41) is 7.95. The van der Waals surface area contributed by atoms with Gasteiger partial charge in [0.1, 0.15) is 12.2 Å². The van der Waals surface area contributed by atoms with E-state index in [1.807, 2.05) is 0 Å². The molecule has 0 aliphatic carbocycles. The summed E-state index contributed by atoms with van der Waals surface area (Å²) in [6.45, 7) is 9.47. The van der Waals surface area contributed by atoms with Gasteiger partial charge >= 0.3 is 0 Å². The molecule has 120 valence electrons. The first-order valence-electron chi connectivity index (χ1n) is 8.40.